The van der Waals surface area contributed by atoms with Crippen LogP contribution in [0.5, 0.6) is 0 Å². The Morgan fingerprint density at radius 3 is 3.11 bits per heavy atom. The van der Waals surface area contributed by atoms with Crippen LogP contribution in [0.15, 0.2) is 0 Å². The zero-order valence-corrected chi connectivity index (χ0v) is 5.64. The zero-order chi connectivity index (χ0) is 5.64. The van der Waals surface area contributed by atoms with Crippen LogP contribution in [0, 0.1) is 29.1 Å². The van der Waals surface area contributed by atoms with E-state index < -0.39 is 0 Å². The molecule has 0 N–H and O–H groups in total. The normalized spacial score (nSPS) is 80.0. The number of hydrogen-bond donors (Lipinski definition) is 0. The van der Waals surface area contributed by atoms with E-state index >= 15 is 0 Å². The van der Waals surface area contributed by atoms with Gasteiger partial charge in [-0.1, -0.05) is 0 Å². The first kappa shape index (κ1) is 4.00. The topological polar surface area (TPSA) is 0 Å². The summed E-state index contributed by atoms with van der Waals surface area (Å²) in [4.78, 5) is 0. The van der Waals surface area contributed by atoms with Gasteiger partial charge in [-0.25, -0.2) is 0 Å². The number of rotatable bonds is 0. The minimum atomic E-state index is 1.03. The van der Waals surface area contributed by atoms with E-state index in [4.69, 9.17) is 0 Å². The van der Waals surface area contributed by atoms with Gasteiger partial charge < -0.3 is 0 Å². The third-order valence-corrected chi connectivity index (χ3v) is 4.59. The van der Waals surface area contributed by atoms with Crippen LogP contribution < -0.4 is 0 Å². The Morgan fingerprint density at radius 1 is 1.33 bits per heavy atom. The average molecular weight is 120 g/mol. The van der Waals surface area contributed by atoms with Crippen molar-refractivity contribution >= 4 is 0 Å². The molecule has 0 radical (unpaired) electrons. The van der Waals surface area contributed by atoms with Crippen molar-refractivity contribution in [2.45, 2.75) is 25.7 Å². The first-order valence-corrected chi connectivity index (χ1v) is 4.42. The average Bonchev–Trinajstić information content (AvgIpc) is 2.55. The maximum Gasteiger partial charge on any atom is -0.0229 e. The summed E-state index contributed by atoms with van der Waals surface area (Å²) in [5.74, 6) is 5.05. The van der Waals surface area contributed by atoms with Crippen molar-refractivity contribution in [1.29, 1.82) is 0 Å². The molecule has 4 saturated carbocycles. The third kappa shape index (κ3) is 0.264. The second-order valence-corrected chi connectivity index (χ2v) is 4.77. The summed E-state index contributed by atoms with van der Waals surface area (Å²) in [5, 5.41) is 0. The minimum Gasteiger partial charge on any atom is -0.0496 e. The molecule has 4 aliphatic rings. The van der Waals surface area contributed by atoms with Crippen LogP contribution in [0.4, 0.5) is 0 Å². The lowest BCUT2D eigenvalue weighted by atomic mass is 9.89. The Hall–Kier alpha value is 0. The van der Waals surface area contributed by atoms with Gasteiger partial charge in [0.1, 0.15) is 0 Å². The summed E-state index contributed by atoms with van der Waals surface area (Å²) in [7, 11) is 0. The summed E-state index contributed by atoms with van der Waals surface area (Å²) in [6, 6.07) is 0. The van der Waals surface area contributed by atoms with Gasteiger partial charge in [-0.05, 0) is 54.8 Å². The number of hydrogen-bond acceptors (Lipinski definition) is 0. The first-order chi connectivity index (χ1) is 4.42. The van der Waals surface area contributed by atoms with E-state index in [-0.39, 0.29) is 0 Å². The summed E-state index contributed by atoms with van der Waals surface area (Å²) < 4.78 is 0. The van der Waals surface area contributed by atoms with Crippen molar-refractivity contribution in [3.8, 4) is 0 Å². The van der Waals surface area contributed by atoms with Crippen molar-refractivity contribution in [2.24, 2.45) is 29.1 Å². The lowest BCUT2D eigenvalue weighted by molar-refractivity contribution is 0.335. The van der Waals surface area contributed by atoms with E-state index in [0.29, 0.717) is 0 Å². The van der Waals surface area contributed by atoms with Crippen LogP contribution in [0.2, 0.25) is 0 Å². The van der Waals surface area contributed by atoms with E-state index in [1.165, 1.54) is 23.7 Å². The molecule has 48 valence electrons. The Morgan fingerprint density at radius 2 is 2.33 bits per heavy atom. The minimum absolute atomic E-state index is 1.03. The Balaban J connectivity index is 1.81. The molecule has 4 rings (SSSR count). The van der Waals surface area contributed by atoms with Gasteiger partial charge in [0, 0.05) is 0 Å². The molecule has 0 amide bonds. The molecule has 0 bridgehead atoms. The Bertz CT molecular complexity index is 196. The Kier molecular flexibility index (Phi) is 0.360. The van der Waals surface area contributed by atoms with Gasteiger partial charge in [-0.2, -0.15) is 0 Å². The van der Waals surface area contributed by atoms with Crippen molar-refractivity contribution in [2.75, 3.05) is 0 Å². The highest BCUT2D eigenvalue weighted by Gasteiger charge is 2.83. The van der Waals surface area contributed by atoms with Gasteiger partial charge in [0.15, 0.2) is 0 Å². The molecule has 0 heterocycles. The van der Waals surface area contributed by atoms with Gasteiger partial charge in [0.05, 0.1) is 0 Å². The van der Waals surface area contributed by atoms with E-state index in [2.05, 4.69) is 0 Å². The maximum absolute atomic E-state index is 1.64. The van der Waals surface area contributed by atoms with E-state index in [1.807, 2.05) is 0 Å². The molecule has 0 aromatic heterocycles. The molecule has 4 aliphatic carbocycles. The summed E-state index contributed by atoms with van der Waals surface area (Å²) in [5.41, 5.74) is 1.03. The number of fused-ring (bicyclic) bond motifs is 3. The molecule has 9 heavy (non-hydrogen) atoms. The summed E-state index contributed by atoms with van der Waals surface area (Å²) >= 11 is 0. The molecule has 4 fully saturated rings. The van der Waals surface area contributed by atoms with Crippen molar-refractivity contribution < 1.29 is 0 Å². The molecule has 0 nitrogen and oxygen atoms in total. The van der Waals surface area contributed by atoms with Gasteiger partial charge in [0.2, 0.25) is 0 Å². The van der Waals surface area contributed by atoms with Crippen molar-refractivity contribution in [3.63, 3.8) is 0 Å². The van der Waals surface area contributed by atoms with Crippen molar-refractivity contribution in [1.82, 2.24) is 0 Å². The van der Waals surface area contributed by atoms with Crippen LogP contribution in [-0.4, -0.2) is 0 Å². The van der Waals surface area contributed by atoms with Gasteiger partial charge in [0.25, 0.3) is 0 Å². The Labute approximate surface area is 55.6 Å². The lowest BCUT2D eigenvalue weighted by Crippen LogP contribution is -2.08. The maximum atomic E-state index is 1.64. The third-order valence-electron chi connectivity index (χ3n) is 4.59. The molecule has 1 spiro atoms. The standard InChI is InChI=1S/C9H12/c1-2-9-4-7(9)8(9)6-3-5(1)6/h5-8H,1-4H2/t5?,6?,7?,8-,9-/m0/s1. The quantitative estimate of drug-likeness (QED) is 0.459. The van der Waals surface area contributed by atoms with Crippen LogP contribution in [-0.2, 0) is 0 Å². The summed E-state index contributed by atoms with van der Waals surface area (Å²) in [6.07, 6.45) is 6.50. The molecule has 0 aromatic carbocycles. The SMILES string of the molecule is C1C[C@]23CC2[C@@H]3C2CC12. The van der Waals surface area contributed by atoms with Crippen molar-refractivity contribution in [3.05, 3.63) is 0 Å². The fourth-order valence-corrected chi connectivity index (χ4v) is 3.74. The zero-order valence-electron chi connectivity index (χ0n) is 5.64. The fraction of sp³-hybridized carbons (Fsp3) is 1.00. The molecule has 5 atom stereocenters. The smallest absolute Gasteiger partial charge is 0.0229 e. The second kappa shape index (κ2) is 0.810. The van der Waals surface area contributed by atoms with Crippen LogP contribution in [0.3, 0.4) is 0 Å². The molecule has 0 aromatic rings. The second-order valence-electron chi connectivity index (χ2n) is 4.77. The molecule has 0 heteroatoms. The van der Waals surface area contributed by atoms with Gasteiger partial charge in [-0.15, -0.1) is 0 Å². The molecule has 3 unspecified atom stereocenters. The van der Waals surface area contributed by atoms with Crippen LogP contribution in [0.1, 0.15) is 25.7 Å². The first-order valence-electron chi connectivity index (χ1n) is 4.42. The highest BCUT2D eigenvalue weighted by molar-refractivity contribution is 5.31. The van der Waals surface area contributed by atoms with Crippen LogP contribution in [0.25, 0.3) is 0 Å². The van der Waals surface area contributed by atoms with Crippen LogP contribution >= 0.6 is 0 Å². The van der Waals surface area contributed by atoms with E-state index in [1.54, 1.807) is 25.7 Å². The highest BCUT2D eigenvalue weighted by Crippen LogP contribution is 2.90. The molecule has 0 saturated heterocycles. The monoisotopic (exact) mass is 120 g/mol. The van der Waals surface area contributed by atoms with E-state index in [9.17, 15) is 0 Å². The molecular weight excluding hydrogens is 108 g/mol. The fourth-order valence-electron chi connectivity index (χ4n) is 3.74. The largest absolute Gasteiger partial charge is 0.0496 e. The molecular formula is C9H12. The predicted octanol–water partition coefficient (Wildman–Crippen LogP) is 2.05. The highest BCUT2D eigenvalue weighted by atomic mass is 14.9. The van der Waals surface area contributed by atoms with Gasteiger partial charge in [-0.3, -0.25) is 0 Å². The lowest BCUT2D eigenvalue weighted by Gasteiger charge is -2.15. The molecule has 0 aliphatic heterocycles. The summed E-state index contributed by atoms with van der Waals surface area (Å²) in [6.45, 7) is 0. The predicted molar refractivity (Wildman–Crippen MR) is 34.9 cm³/mol. The van der Waals surface area contributed by atoms with E-state index in [0.717, 1.165) is 5.41 Å². The van der Waals surface area contributed by atoms with Gasteiger partial charge >= 0.3 is 0 Å².